The second kappa shape index (κ2) is 7.59. The highest BCUT2D eigenvalue weighted by Crippen LogP contribution is 2.26. The van der Waals surface area contributed by atoms with Gasteiger partial charge in [-0.2, -0.15) is 0 Å². The number of hydrogen-bond acceptors (Lipinski definition) is 6. The quantitative estimate of drug-likeness (QED) is 0.183. The third-order valence-electron chi connectivity index (χ3n) is 2.96. The molecular weight excluding hydrogens is 310 g/mol. The number of rotatable bonds is 6. The lowest BCUT2D eigenvalue weighted by molar-refractivity contribution is -0.113. The molecule has 0 aromatic heterocycles. The van der Waals surface area contributed by atoms with E-state index in [9.17, 15) is 19.8 Å². The van der Waals surface area contributed by atoms with Crippen LogP contribution in [0.3, 0.4) is 0 Å². The summed E-state index contributed by atoms with van der Waals surface area (Å²) in [4.78, 5) is 23.6. The average molecular weight is 325 g/mol. The molecule has 7 nitrogen and oxygen atoms in total. The molecule has 0 saturated heterocycles. The van der Waals surface area contributed by atoms with Crippen molar-refractivity contribution in [1.29, 1.82) is 5.41 Å². The fourth-order valence-corrected chi connectivity index (χ4v) is 1.76. The first kappa shape index (κ1) is 16.8. The minimum absolute atomic E-state index is 0.0648. The molecule has 0 heterocycles. The van der Waals surface area contributed by atoms with E-state index in [4.69, 9.17) is 5.41 Å². The Hall–Kier alpha value is -3.61. The molecule has 2 rings (SSSR count). The lowest BCUT2D eigenvalue weighted by Crippen LogP contribution is -2.28. The van der Waals surface area contributed by atoms with Crippen molar-refractivity contribution in [2.45, 2.75) is 0 Å². The number of benzene rings is 2. The maximum atomic E-state index is 11.8. The second-order valence-corrected chi connectivity index (χ2v) is 4.74. The SMILES string of the molecule is N=C(C(=O)/C=C\Nc1cc(O)ccc1O)C(=O)Nc1ccccc1. The minimum atomic E-state index is -0.823. The summed E-state index contributed by atoms with van der Waals surface area (Å²) < 4.78 is 0. The average Bonchev–Trinajstić information content (AvgIpc) is 2.58. The largest absolute Gasteiger partial charge is 0.508 e. The van der Waals surface area contributed by atoms with Crippen molar-refractivity contribution in [1.82, 2.24) is 0 Å². The van der Waals surface area contributed by atoms with Crippen molar-refractivity contribution in [2.24, 2.45) is 0 Å². The van der Waals surface area contributed by atoms with Crippen LogP contribution in [0, 0.1) is 5.41 Å². The van der Waals surface area contributed by atoms with E-state index in [2.05, 4.69) is 10.6 Å². The summed E-state index contributed by atoms with van der Waals surface area (Å²) in [5, 5.41) is 31.5. The maximum Gasteiger partial charge on any atom is 0.277 e. The number of phenolic OH excluding ortho intramolecular Hbond substituents is 2. The Kier molecular flexibility index (Phi) is 5.30. The molecule has 2 aromatic rings. The van der Waals surface area contributed by atoms with E-state index in [1.807, 2.05) is 0 Å². The molecule has 0 spiro atoms. The van der Waals surface area contributed by atoms with Crippen LogP contribution < -0.4 is 10.6 Å². The van der Waals surface area contributed by atoms with E-state index in [1.54, 1.807) is 30.3 Å². The molecule has 0 saturated carbocycles. The number of amides is 1. The van der Waals surface area contributed by atoms with E-state index >= 15 is 0 Å². The van der Waals surface area contributed by atoms with Crippen LogP contribution >= 0.6 is 0 Å². The highest BCUT2D eigenvalue weighted by atomic mass is 16.3. The number of carbonyl (C=O) groups is 2. The molecule has 0 unspecified atom stereocenters. The topological polar surface area (TPSA) is 123 Å². The Morgan fingerprint density at radius 1 is 1.04 bits per heavy atom. The third-order valence-corrected chi connectivity index (χ3v) is 2.96. The minimum Gasteiger partial charge on any atom is -0.508 e. The maximum absolute atomic E-state index is 11.8. The zero-order chi connectivity index (χ0) is 17.5. The number of phenols is 2. The van der Waals surface area contributed by atoms with Gasteiger partial charge in [-0.15, -0.1) is 0 Å². The first-order valence-corrected chi connectivity index (χ1v) is 6.91. The van der Waals surface area contributed by atoms with Gasteiger partial charge in [0.05, 0.1) is 5.69 Å². The molecule has 0 radical (unpaired) electrons. The van der Waals surface area contributed by atoms with Crippen LogP contribution in [0.5, 0.6) is 11.5 Å². The van der Waals surface area contributed by atoms with Crippen LogP contribution in [0.2, 0.25) is 0 Å². The van der Waals surface area contributed by atoms with Gasteiger partial charge in [0.1, 0.15) is 11.5 Å². The zero-order valence-electron chi connectivity index (χ0n) is 12.5. The number of aromatic hydroxyl groups is 2. The van der Waals surface area contributed by atoms with Gasteiger partial charge in [-0.25, -0.2) is 0 Å². The zero-order valence-corrected chi connectivity index (χ0v) is 12.5. The fourth-order valence-electron chi connectivity index (χ4n) is 1.76. The van der Waals surface area contributed by atoms with Gasteiger partial charge in [0.2, 0.25) is 5.78 Å². The van der Waals surface area contributed by atoms with Crippen LogP contribution in [0.15, 0.2) is 60.8 Å². The molecule has 0 bridgehead atoms. The Balaban J connectivity index is 1.94. The summed E-state index contributed by atoms with van der Waals surface area (Å²) in [6, 6.07) is 12.3. The highest BCUT2D eigenvalue weighted by molar-refractivity contribution is 6.68. The second-order valence-electron chi connectivity index (χ2n) is 4.74. The summed E-state index contributed by atoms with van der Waals surface area (Å²) in [7, 11) is 0. The number of carbonyl (C=O) groups excluding carboxylic acids is 2. The summed E-state index contributed by atoms with van der Waals surface area (Å²) in [6.45, 7) is 0. The molecule has 7 heteroatoms. The normalized spacial score (nSPS) is 10.3. The fraction of sp³-hybridized carbons (Fsp3) is 0. The molecule has 5 N–H and O–H groups in total. The van der Waals surface area contributed by atoms with Crippen molar-refractivity contribution in [2.75, 3.05) is 10.6 Å². The van der Waals surface area contributed by atoms with Gasteiger partial charge in [0, 0.05) is 24.0 Å². The molecule has 0 aliphatic rings. The van der Waals surface area contributed by atoms with Gasteiger partial charge in [0.25, 0.3) is 5.91 Å². The third kappa shape index (κ3) is 4.44. The van der Waals surface area contributed by atoms with Gasteiger partial charge < -0.3 is 20.8 Å². The monoisotopic (exact) mass is 325 g/mol. The standard InChI is InChI=1S/C17H15N3O4/c18-16(17(24)20-11-4-2-1-3-5-11)15(23)8-9-19-13-10-12(21)6-7-14(13)22/h1-10,18-19,21-22H,(H,20,24)/b9-8-,18-16?. The Labute approximate surface area is 137 Å². The Morgan fingerprint density at radius 3 is 2.46 bits per heavy atom. The van der Waals surface area contributed by atoms with Crippen LogP contribution in [-0.2, 0) is 9.59 Å². The summed E-state index contributed by atoms with van der Waals surface area (Å²) in [6.07, 6.45) is 2.15. The highest BCUT2D eigenvalue weighted by Gasteiger charge is 2.15. The number of para-hydroxylation sites is 1. The first-order valence-electron chi connectivity index (χ1n) is 6.91. The van der Waals surface area contributed by atoms with Gasteiger partial charge in [-0.1, -0.05) is 18.2 Å². The Bertz CT molecular complexity index is 801. The molecule has 0 atom stereocenters. The molecule has 0 fully saturated rings. The lowest BCUT2D eigenvalue weighted by atomic mass is 10.2. The summed E-state index contributed by atoms with van der Waals surface area (Å²) >= 11 is 0. The number of anilines is 2. The molecule has 2 aromatic carbocycles. The van der Waals surface area contributed by atoms with Gasteiger partial charge in [-0.05, 0) is 24.3 Å². The smallest absolute Gasteiger partial charge is 0.277 e. The molecule has 1 amide bonds. The van der Waals surface area contributed by atoms with Gasteiger partial charge in [-0.3, -0.25) is 15.0 Å². The van der Waals surface area contributed by atoms with Crippen molar-refractivity contribution in [3.05, 3.63) is 60.8 Å². The number of nitrogens with one attached hydrogen (secondary N) is 3. The predicted molar refractivity (Wildman–Crippen MR) is 90.3 cm³/mol. The number of allylic oxidation sites excluding steroid dienone is 1. The van der Waals surface area contributed by atoms with E-state index in [-0.39, 0.29) is 17.2 Å². The number of hydrogen-bond donors (Lipinski definition) is 5. The lowest BCUT2D eigenvalue weighted by Gasteiger charge is -2.05. The van der Waals surface area contributed by atoms with Crippen molar-refractivity contribution in [3.63, 3.8) is 0 Å². The van der Waals surface area contributed by atoms with Crippen LogP contribution in [0.1, 0.15) is 0 Å². The molecule has 24 heavy (non-hydrogen) atoms. The number of ketones is 1. The summed E-state index contributed by atoms with van der Waals surface area (Å²) in [5.74, 6) is -1.82. The van der Waals surface area contributed by atoms with Gasteiger partial charge in [0.15, 0.2) is 5.71 Å². The van der Waals surface area contributed by atoms with E-state index in [1.165, 1.54) is 24.4 Å². The van der Waals surface area contributed by atoms with Crippen LogP contribution in [0.25, 0.3) is 0 Å². The predicted octanol–water partition coefficient (Wildman–Crippen LogP) is 2.25. The van der Waals surface area contributed by atoms with Crippen molar-refractivity contribution in [3.8, 4) is 11.5 Å². The van der Waals surface area contributed by atoms with E-state index in [0.29, 0.717) is 5.69 Å². The molecule has 0 aliphatic heterocycles. The van der Waals surface area contributed by atoms with Crippen molar-refractivity contribution < 1.29 is 19.8 Å². The van der Waals surface area contributed by atoms with Gasteiger partial charge >= 0.3 is 0 Å². The molecule has 0 aliphatic carbocycles. The molecular formula is C17H15N3O4. The Morgan fingerprint density at radius 2 is 1.75 bits per heavy atom. The summed E-state index contributed by atoms with van der Waals surface area (Å²) in [5.41, 5.74) is -0.0665. The van der Waals surface area contributed by atoms with E-state index < -0.39 is 17.4 Å². The van der Waals surface area contributed by atoms with Crippen molar-refractivity contribution >= 4 is 28.8 Å². The van der Waals surface area contributed by atoms with Crippen LogP contribution in [-0.4, -0.2) is 27.6 Å². The first-order chi connectivity index (χ1) is 11.5. The van der Waals surface area contributed by atoms with E-state index in [0.717, 1.165) is 6.08 Å². The van der Waals surface area contributed by atoms with Crippen LogP contribution in [0.4, 0.5) is 11.4 Å². The molecule has 122 valence electrons.